The van der Waals surface area contributed by atoms with Crippen molar-refractivity contribution in [3.63, 3.8) is 0 Å². The maximum atomic E-state index is 12.5. The third-order valence-electron chi connectivity index (χ3n) is 5.07. The van der Waals surface area contributed by atoms with Crippen LogP contribution in [0.5, 0.6) is 0 Å². The Morgan fingerprint density at radius 2 is 1.67 bits per heavy atom. The van der Waals surface area contributed by atoms with Crippen LogP contribution >= 0.6 is 11.6 Å². The van der Waals surface area contributed by atoms with E-state index in [0.29, 0.717) is 10.7 Å². The molecule has 30 heavy (non-hydrogen) atoms. The van der Waals surface area contributed by atoms with E-state index in [1.807, 2.05) is 18.2 Å². The maximum absolute atomic E-state index is 12.5. The molecule has 1 aliphatic rings. The molecule has 0 atom stereocenters. The second kappa shape index (κ2) is 9.89. The normalized spacial score (nSPS) is 16.0. The maximum Gasteiger partial charge on any atom is 0.242 e. The van der Waals surface area contributed by atoms with E-state index in [1.54, 1.807) is 0 Å². The van der Waals surface area contributed by atoms with Gasteiger partial charge in [-0.05, 0) is 23.8 Å². The summed E-state index contributed by atoms with van der Waals surface area (Å²) in [6, 6.07) is 14.6. The number of amides is 1. The molecule has 0 bridgehead atoms. The molecule has 1 fully saturated rings. The predicted octanol–water partition coefficient (Wildman–Crippen LogP) is 2.35. The molecule has 2 aromatic rings. The Balaban J connectivity index is 1.54. The monoisotopic (exact) mass is 450 g/mol. The Morgan fingerprint density at radius 1 is 1.03 bits per heavy atom. The van der Waals surface area contributed by atoms with E-state index in [1.165, 1.54) is 37.9 Å². The van der Waals surface area contributed by atoms with Crippen molar-refractivity contribution in [2.24, 2.45) is 0 Å². The fourth-order valence-corrected chi connectivity index (χ4v) is 4.40. The summed E-state index contributed by atoms with van der Waals surface area (Å²) in [5, 5.41) is 3.05. The van der Waals surface area contributed by atoms with Crippen LogP contribution in [-0.4, -0.2) is 75.2 Å². The molecule has 1 saturated heterocycles. The van der Waals surface area contributed by atoms with Crippen molar-refractivity contribution in [2.75, 3.05) is 52.1 Å². The highest BCUT2D eigenvalue weighted by Gasteiger charge is 2.21. The Morgan fingerprint density at radius 3 is 2.30 bits per heavy atom. The third kappa shape index (κ3) is 5.80. The molecule has 9 heteroatoms. The van der Waals surface area contributed by atoms with Gasteiger partial charge in [-0.2, -0.15) is 0 Å². The lowest BCUT2D eigenvalue weighted by molar-refractivity contribution is -0.117. The molecule has 7 nitrogen and oxygen atoms in total. The van der Waals surface area contributed by atoms with Crippen molar-refractivity contribution in [3.8, 4) is 0 Å². The van der Waals surface area contributed by atoms with Gasteiger partial charge in [0.25, 0.3) is 0 Å². The van der Waals surface area contributed by atoms with Gasteiger partial charge in [-0.1, -0.05) is 41.9 Å². The van der Waals surface area contributed by atoms with E-state index >= 15 is 0 Å². The third-order valence-corrected chi connectivity index (χ3v) is 7.21. The van der Waals surface area contributed by atoms with Crippen LogP contribution in [-0.2, 0) is 21.4 Å². The van der Waals surface area contributed by atoms with Crippen LogP contribution in [0.15, 0.2) is 53.4 Å². The molecule has 0 saturated carbocycles. The van der Waals surface area contributed by atoms with Crippen LogP contribution in [0.4, 0.5) is 5.69 Å². The van der Waals surface area contributed by atoms with E-state index in [-0.39, 0.29) is 17.3 Å². The number of rotatable bonds is 7. The van der Waals surface area contributed by atoms with Crippen molar-refractivity contribution in [2.45, 2.75) is 11.4 Å². The summed E-state index contributed by atoms with van der Waals surface area (Å²) in [6.07, 6.45) is 0. The number of nitrogens with one attached hydrogen (secondary N) is 1. The Hall–Kier alpha value is -1.97. The molecular weight excluding hydrogens is 424 g/mol. The number of nitrogens with zero attached hydrogens (tertiary/aromatic N) is 3. The van der Waals surface area contributed by atoms with Crippen LogP contribution in [0.1, 0.15) is 5.56 Å². The molecule has 162 valence electrons. The number of hydrogen-bond acceptors (Lipinski definition) is 5. The minimum absolute atomic E-state index is 0.0849. The number of hydrogen-bond donors (Lipinski definition) is 1. The molecule has 0 unspecified atom stereocenters. The fraction of sp³-hybridized carbons (Fsp3) is 0.381. The number of carbonyl (C=O) groups is 1. The van der Waals surface area contributed by atoms with Gasteiger partial charge >= 0.3 is 0 Å². The fourth-order valence-electron chi connectivity index (χ4n) is 3.31. The summed E-state index contributed by atoms with van der Waals surface area (Å²) in [6.45, 7) is 4.51. The highest BCUT2D eigenvalue weighted by molar-refractivity contribution is 7.89. The van der Waals surface area contributed by atoms with Crippen molar-refractivity contribution in [3.05, 3.63) is 59.1 Å². The van der Waals surface area contributed by atoms with E-state index in [4.69, 9.17) is 11.6 Å². The molecule has 1 amide bonds. The van der Waals surface area contributed by atoms with Crippen molar-refractivity contribution < 1.29 is 13.2 Å². The molecule has 2 aromatic carbocycles. The Labute approximate surface area is 183 Å². The van der Waals surface area contributed by atoms with Crippen molar-refractivity contribution in [1.82, 2.24) is 14.1 Å². The highest BCUT2D eigenvalue weighted by Crippen LogP contribution is 2.26. The molecule has 1 N–H and O–H groups in total. The van der Waals surface area contributed by atoms with Crippen LogP contribution in [0.2, 0.25) is 5.02 Å². The van der Waals surface area contributed by atoms with Gasteiger partial charge in [0.15, 0.2) is 0 Å². The van der Waals surface area contributed by atoms with Crippen LogP contribution in [0.25, 0.3) is 0 Å². The highest BCUT2D eigenvalue weighted by atomic mass is 35.5. The average molecular weight is 451 g/mol. The second-order valence-electron chi connectivity index (χ2n) is 7.52. The molecule has 1 heterocycles. The first kappa shape index (κ1) is 22.7. The van der Waals surface area contributed by atoms with Gasteiger partial charge in [0, 0.05) is 46.8 Å². The van der Waals surface area contributed by atoms with E-state index in [9.17, 15) is 13.2 Å². The predicted molar refractivity (Wildman–Crippen MR) is 119 cm³/mol. The number of piperazine rings is 1. The van der Waals surface area contributed by atoms with Crippen LogP contribution < -0.4 is 5.32 Å². The summed E-state index contributed by atoms with van der Waals surface area (Å²) in [4.78, 5) is 17.1. The Bertz CT molecular complexity index is 975. The molecule has 0 aliphatic carbocycles. The standard InChI is InChI=1S/C21H27ClN4O3S/c1-24(2)30(28,29)18-8-9-19(22)20(14-18)23-21(27)16-26-12-10-25(11-13-26)15-17-6-4-3-5-7-17/h3-9,14H,10-13,15-16H2,1-2H3,(H,23,27). The molecular formula is C21H27ClN4O3S. The van der Waals surface area contributed by atoms with Gasteiger partial charge in [0.1, 0.15) is 0 Å². The number of carbonyl (C=O) groups excluding carboxylic acids is 1. The second-order valence-corrected chi connectivity index (χ2v) is 10.1. The average Bonchev–Trinajstić information content (AvgIpc) is 2.71. The molecule has 3 rings (SSSR count). The molecule has 0 radical (unpaired) electrons. The van der Waals surface area contributed by atoms with Gasteiger partial charge < -0.3 is 5.32 Å². The largest absolute Gasteiger partial charge is 0.324 e. The SMILES string of the molecule is CN(C)S(=O)(=O)c1ccc(Cl)c(NC(=O)CN2CCN(Cc3ccccc3)CC2)c1. The summed E-state index contributed by atoms with van der Waals surface area (Å²) in [7, 11) is -0.688. The summed E-state index contributed by atoms with van der Waals surface area (Å²) >= 11 is 6.17. The van der Waals surface area contributed by atoms with Gasteiger partial charge in [0.2, 0.25) is 15.9 Å². The minimum Gasteiger partial charge on any atom is -0.324 e. The lowest BCUT2D eigenvalue weighted by atomic mass is 10.2. The topological polar surface area (TPSA) is 73.0 Å². The summed E-state index contributed by atoms with van der Waals surface area (Å²) in [5.74, 6) is -0.215. The number of halogens is 1. The molecule has 0 spiro atoms. The van der Waals surface area contributed by atoms with E-state index in [0.717, 1.165) is 37.0 Å². The Kier molecular flexibility index (Phi) is 7.49. The summed E-state index contributed by atoms with van der Waals surface area (Å²) < 4.78 is 25.8. The van der Waals surface area contributed by atoms with E-state index in [2.05, 4.69) is 27.2 Å². The quantitative estimate of drug-likeness (QED) is 0.701. The zero-order valence-electron chi connectivity index (χ0n) is 17.2. The van der Waals surface area contributed by atoms with Gasteiger partial charge in [0.05, 0.1) is 22.2 Å². The van der Waals surface area contributed by atoms with E-state index < -0.39 is 10.0 Å². The molecule has 0 aromatic heterocycles. The van der Waals surface area contributed by atoms with Crippen molar-refractivity contribution >= 4 is 33.2 Å². The van der Waals surface area contributed by atoms with Gasteiger partial charge in [-0.25, -0.2) is 12.7 Å². The van der Waals surface area contributed by atoms with Crippen LogP contribution in [0, 0.1) is 0 Å². The number of benzene rings is 2. The van der Waals surface area contributed by atoms with Gasteiger partial charge in [-0.3, -0.25) is 14.6 Å². The zero-order chi connectivity index (χ0) is 21.7. The van der Waals surface area contributed by atoms with Gasteiger partial charge in [-0.15, -0.1) is 0 Å². The number of anilines is 1. The minimum atomic E-state index is -3.60. The molecule has 1 aliphatic heterocycles. The lowest BCUT2D eigenvalue weighted by Crippen LogP contribution is -2.48. The number of sulfonamides is 1. The first-order valence-corrected chi connectivity index (χ1v) is 11.6. The lowest BCUT2D eigenvalue weighted by Gasteiger charge is -2.34. The first-order valence-electron chi connectivity index (χ1n) is 9.76. The summed E-state index contributed by atoms with van der Waals surface area (Å²) in [5.41, 5.74) is 1.58. The smallest absolute Gasteiger partial charge is 0.242 e. The first-order chi connectivity index (χ1) is 14.3. The zero-order valence-corrected chi connectivity index (χ0v) is 18.8. The van der Waals surface area contributed by atoms with Crippen molar-refractivity contribution in [1.29, 1.82) is 0 Å². The van der Waals surface area contributed by atoms with Crippen LogP contribution in [0.3, 0.4) is 0 Å².